The van der Waals surface area contributed by atoms with Crippen LogP contribution >= 0.6 is 0 Å². The van der Waals surface area contributed by atoms with E-state index in [1.165, 1.54) is 32.1 Å². The number of nitrogens with zero attached hydrogens (tertiary/aromatic N) is 2. The van der Waals surface area contributed by atoms with Crippen molar-refractivity contribution in [2.75, 3.05) is 6.54 Å². The first-order valence-corrected chi connectivity index (χ1v) is 7.22. The lowest BCUT2D eigenvalue weighted by atomic mass is 9.96. The summed E-state index contributed by atoms with van der Waals surface area (Å²) in [5.74, 6) is -0.733. The second-order valence-electron chi connectivity index (χ2n) is 5.25. The fourth-order valence-corrected chi connectivity index (χ4v) is 2.60. The van der Waals surface area contributed by atoms with Gasteiger partial charge in [-0.1, -0.05) is 19.3 Å². The van der Waals surface area contributed by atoms with Crippen molar-refractivity contribution in [3.63, 3.8) is 0 Å². The van der Waals surface area contributed by atoms with Gasteiger partial charge in [-0.05, 0) is 31.9 Å². The van der Waals surface area contributed by atoms with Gasteiger partial charge in [0.05, 0.1) is 11.7 Å². The maximum absolute atomic E-state index is 10.4. The molecule has 19 heavy (non-hydrogen) atoms. The molecule has 0 aromatic carbocycles. The third kappa shape index (κ3) is 4.67. The molecule has 0 radical (unpaired) electrons. The fourth-order valence-electron chi connectivity index (χ4n) is 2.60. The Morgan fingerprint density at radius 1 is 1.42 bits per heavy atom. The van der Waals surface area contributed by atoms with Gasteiger partial charge in [0.25, 0.3) is 0 Å². The minimum atomic E-state index is -0.733. The molecule has 0 bridgehead atoms. The third-order valence-corrected chi connectivity index (χ3v) is 3.66. The number of carbonyl (C=O) groups is 1. The molecule has 5 nitrogen and oxygen atoms in total. The predicted molar refractivity (Wildman–Crippen MR) is 72.9 cm³/mol. The molecule has 5 heteroatoms. The average Bonchev–Trinajstić information content (AvgIpc) is 2.88. The van der Waals surface area contributed by atoms with Crippen LogP contribution in [0, 0.1) is 0 Å². The number of aliphatic carboxylic acids is 1. The molecular weight excluding hydrogens is 242 g/mol. The number of nitrogens with one attached hydrogen (secondary N) is 1. The van der Waals surface area contributed by atoms with Gasteiger partial charge in [0.2, 0.25) is 0 Å². The lowest BCUT2D eigenvalue weighted by Crippen LogP contribution is -2.17. The Morgan fingerprint density at radius 3 is 2.95 bits per heavy atom. The van der Waals surface area contributed by atoms with Crippen LogP contribution in [0.5, 0.6) is 0 Å². The topological polar surface area (TPSA) is 67.2 Å². The molecule has 1 saturated carbocycles. The van der Waals surface area contributed by atoms with E-state index in [-0.39, 0.29) is 6.42 Å². The van der Waals surface area contributed by atoms with Crippen LogP contribution in [0.15, 0.2) is 12.3 Å². The molecule has 0 atom stereocenters. The summed E-state index contributed by atoms with van der Waals surface area (Å²) >= 11 is 0. The van der Waals surface area contributed by atoms with E-state index in [4.69, 9.17) is 5.11 Å². The molecule has 1 aliphatic rings. The smallest absolute Gasteiger partial charge is 0.303 e. The van der Waals surface area contributed by atoms with Crippen LogP contribution in [-0.4, -0.2) is 27.4 Å². The predicted octanol–water partition coefficient (Wildman–Crippen LogP) is 2.34. The Hall–Kier alpha value is -1.36. The molecular formula is C14H23N3O2. The van der Waals surface area contributed by atoms with Crippen LogP contribution < -0.4 is 5.32 Å². The zero-order valence-corrected chi connectivity index (χ0v) is 11.3. The van der Waals surface area contributed by atoms with Crippen molar-refractivity contribution in [2.45, 2.75) is 57.5 Å². The van der Waals surface area contributed by atoms with Crippen molar-refractivity contribution in [2.24, 2.45) is 0 Å². The fraction of sp³-hybridized carbons (Fsp3) is 0.714. The zero-order chi connectivity index (χ0) is 13.5. The van der Waals surface area contributed by atoms with Crippen LogP contribution in [0.3, 0.4) is 0 Å². The molecule has 1 aromatic rings. The van der Waals surface area contributed by atoms with Crippen molar-refractivity contribution >= 4 is 5.97 Å². The molecule has 0 amide bonds. The van der Waals surface area contributed by atoms with Crippen molar-refractivity contribution in [1.82, 2.24) is 15.1 Å². The van der Waals surface area contributed by atoms with Crippen molar-refractivity contribution in [3.8, 4) is 0 Å². The second kappa shape index (κ2) is 7.28. The summed E-state index contributed by atoms with van der Waals surface area (Å²) in [4.78, 5) is 10.4. The first kappa shape index (κ1) is 14.1. The molecule has 0 saturated heterocycles. The van der Waals surface area contributed by atoms with Crippen molar-refractivity contribution in [1.29, 1.82) is 0 Å². The summed E-state index contributed by atoms with van der Waals surface area (Å²) in [7, 11) is 0. The van der Waals surface area contributed by atoms with E-state index in [0.29, 0.717) is 12.5 Å². The molecule has 0 unspecified atom stereocenters. The van der Waals surface area contributed by atoms with Crippen LogP contribution in [0.25, 0.3) is 0 Å². The van der Waals surface area contributed by atoms with Gasteiger partial charge in [0, 0.05) is 19.2 Å². The first-order valence-electron chi connectivity index (χ1n) is 7.22. The maximum Gasteiger partial charge on any atom is 0.303 e. The summed E-state index contributed by atoms with van der Waals surface area (Å²) in [5, 5.41) is 16.4. The molecule has 1 aromatic heterocycles. The molecule has 2 rings (SSSR count). The first-order chi connectivity index (χ1) is 9.25. The Labute approximate surface area is 114 Å². The van der Waals surface area contributed by atoms with Gasteiger partial charge in [-0.15, -0.1) is 0 Å². The standard InChI is InChI=1S/C14H23N3O2/c18-14(19)7-4-9-15-11-12-8-10-17(16-12)13-5-2-1-3-6-13/h8,10,13,15H,1-7,9,11H2,(H,18,19). The SMILES string of the molecule is O=C(O)CCCNCc1ccn(C2CCCCC2)n1. The Kier molecular flexibility index (Phi) is 5.39. The minimum Gasteiger partial charge on any atom is -0.481 e. The molecule has 0 spiro atoms. The van der Waals surface area contributed by atoms with E-state index in [0.717, 1.165) is 18.8 Å². The molecule has 1 aliphatic carbocycles. The van der Waals surface area contributed by atoms with Gasteiger partial charge in [-0.3, -0.25) is 9.48 Å². The highest BCUT2D eigenvalue weighted by molar-refractivity contribution is 5.66. The van der Waals surface area contributed by atoms with Crippen LogP contribution in [-0.2, 0) is 11.3 Å². The van der Waals surface area contributed by atoms with Crippen LogP contribution in [0.1, 0.15) is 56.7 Å². The van der Waals surface area contributed by atoms with Gasteiger partial charge < -0.3 is 10.4 Å². The molecule has 1 fully saturated rings. The molecule has 0 aliphatic heterocycles. The van der Waals surface area contributed by atoms with Crippen molar-refractivity contribution in [3.05, 3.63) is 18.0 Å². The van der Waals surface area contributed by atoms with Crippen molar-refractivity contribution < 1.29 is 9.90 Å². The molecule has 106 valence electrons. The quantitative estimate of drug-likeness (QED) is 0.743. The summed E-state index contributed by atoms with van der Waals surface area (Å²) in [5.41, 5.74) is 1.04. The third-order valence-electron chi connectivity index (χ3n) is 3.66. The highest BCUT2D eigenvalue weighted by Crippen LogP contribution is 2.27. The number of rotatable bonds is 7. The van der Waals surface area contributed by atoms with Gasteiger partial charge in [0.1, 0.15) is 0 Å². The molecule has 2 N–H and O–H groups in total. The lowest BCUT2D eigenvalue weighted by molar-refractivity contribution is -0.137. The van der Waals surface area contributed by atoms with Crippen LogP contribution in [0.2, 0.25) is 0 Å². The van der Waals surface area contributed by atoms with E-state index in [1.54, 1.807) is 0 Å². The molecule has 1 heterocycles. The zero-order valence-electron chi connectivity index (χ0n) is 11.3. The highest BCUT2D eigenvalue weighted by Gasteiger charge is 2.15. The van der Waals surface area contributed by atoms with Gasteiger partial charge >= 0.3 is 5.97 Å². The largest absolute Gasteiger partial charge is 0.481 e. The Bertz CT molecular complexity index is 397. The van der Waals surface area contributed by atoms with E-state index < -0.39 is 5.97 Å². The summed E-state index contributed by atoms with van der Waals surface area (Å²) in [6.07, 6.45) is 9.43. The van der Waals surface area contributed by atoms with Gasteiger partial charge in [0.15, 0.2) is 0 Å². The van der Waals surface area contributed by atoms with Gasteiger partial charge in [-0.25, -0.2) is 0 Å². The Balaban J connectivity index is 1.70. The monoisotopic (exact) mass is 265 g/mol. The summed E-state index contributed by atoms with van der Waals surface area (Å²) in [6, 6.07) is 2.63. The summed E-state index contributed by atoms with van der Waals surface area (Å²) < 4.78 is 2.10. The number of carboxylic acid groups (broad SMARTS) is 1. The van der Waals surface area contributed by atoms with E-state index in [9.17, 15) is 4.79 Å². The Morgan fingerprint density at radius 2 is 2.21 bits per heavy atom. The number of aromatic nitrogens is 2. The maximum atomic E-state index is 10.4. The highest BCUT2D eigenvalue weighted by atomic mass is 16.4. The normalized spacial score (nSPS) is 16.6. The summed E-state index contributed by atoms with van der Waals surface area (Å²) in [6.45, 7) is 1.45. The average molecular weight is 265 g/mol. The van der Waals surface area contributed by atoms with Gasteiger partial charge in [-0.2, -0.15) is 5.10 Å². The van der Waals surface area contributed by atoms with Crippen LogP contribution in [0.4, 0.5) is 0 Å². The van der Waals surface area contributed by atoms with E-state index in [1.807, 2.05) is 0 Å². The minimum absolute atomic E-state index is 0.226. The number of carboxylic acids is 1. The lowest BCUT2D eigenvalue weighted by Gasteiger charge is -2.21. The second-order valence-corrected chi connectivity index (χ2v) is 5.25. The van der Waals surface area contributed by atoms with E-state index >= 15 is 0 Å². The van der Waals surface area contributed by atoms with E-state index in [2.05, 4.69) is 27.4 Å². The number of hydrogen-bond donors (Lipinski definition) is 2. The number of hydrogen-bond acceptors (Lipinski definition) is 3.